The van der Waals surface area contributed by atoms with E-state index in [4.69, 9.17) is 4.74 Å². The minimum Gasteiger partial charge on any atom is -0.450 e. The molecule has 2 bridgehead atoms. The monoisotopic (exact) mass is 288 g/mol. The van der Waals surface area contributed by atoms with Crippen LogP contribution in [0.1, 0.15) is 31.4 Å². The summed E-state index contributed by atoms with van der Waals surface area (Å²) < 4.78 is 5.22. The van der Waals surface area contributed by atoms with Crippen molar-refractivity contribution >= 4 is 12.0 Å². The van der Waals surface area contributed by atoms with Crippen LogP contribution >= 0.6 is 0 Å². The highest BCUT2D eigenvalue weighted by Crippen LogP contribution is 2.41. The Kier molecular flexibility index (Phi) is 3.82. The van der Waals surface area contributed by atoms with Gasteiger partial charge >= 0.3 is 6.09 Å². The second kappa shape index (κ2) is 5.76. The van der Waals surface area contributed by atoms with Crippen LogP contribution in [-0.2, 0) is 9.53 Å². The van der Waals surface area contributed by atoms with Gasteiger partial charge < -0.3 is 10.1 Å². The van der Waals surface area contributed by atoms with Crippen molar-refractivity contribution < 1.29 is 14.3 Å². The summed E-state index contributed by atoms with van der Waals surface area (Å²) in [4.78, 5) is 26.5. The zero-order valence-electron chi connectivity index (χ0n) is 12.1. The minimum atomic E-state index is -0.322. The van der Waals surface area contributed by atoms with Crippen LogP contribution in [0, 0.1) is 5.92 Å². The van der Waals surface area contributed by atoms with Gasteiger partial charge in [0.15, 0.2) is 0 Å². The van der Waals surface area contributed by atoms with E-state index in [1.807, 2.05) is 30.3 Å². The van der Waals surface area contributed by atoms with Gasteiger partial charge in [0.2, 0.25) is 5.91 Å². The largest absolute Gasteiger partial charge is 0.450 e. The summed E-state index contributed by atoms with van der Waals surface area (Å²) in [5.74, 6) is -0.159. The molecule has 3 atom stereocenters. The van der Waals surface area contributed by atoms with Crippen LogP contribution in [0.2, 0.25) is 0 Å². The topological polar surface area (TPSA) is 58.6 Å². The van der Waals surface area contributed by atoms with Crippen molar-refractivity contribution in [3.05, 3.63) is 35.9 Å². The molecule has 5 nitrogen and oxygen atoms in total. The molecule has 0 spiro atoms. The van der Waals surface area contributed by atoms with Crippen LogP contribution in [-0.4, -0.2) is 36.1 Å². The summed E-state index contributed by atoms with van der Waals surface area (Å²) in [6.07, 6.45) is 1.33. The Morgan fingerprint density at radius 3 is 2.81 bits per heavy atom. The molecule has 1 aromatic carbocycles. The lowest BCUT2D eigenvalue weighted by Crippen LogP contribution is -2.49. The first-order valence-electron chi connectivity index (χ1n) is 7.50. The lowest BCUT2D eigenvalue weighted by Gasteiger charge is -2.42. The van der Waals surface area contributed by atoms with E-state index < -0.39 is 0 Å². The summed E-state index contributed by atoms with van der Waals surface area (Å²) in [6, 6.07) is 9.55. The number of hydrogen-bond donors (Lipinski definition) is 1. The van der Waals surface area contributed by atoms with Crippen LogP contribution in [0.25, 0.3) is 0 Å². The van der Waals surface area contributed by atoms with Crippen molar-refractivity contribution in [3.63, 3.8) is 0 Å². The normalized spacial score (nSPS) is 28.0. The number of hydrogen-bond acceptors (Lipinski definition) is 3. The van der Waals surface area contributed by atoms with Crippen LogP contribution in [0.3, 0.4) is 0 Å². The molecule has 21 heavy (non-hydrogen) atoms. The predicted molar refractivity (Wildman–Crippen MR) is 77.6 cm³/mol. The lowest BCUT2D eigenvalue weighted by molar-refractivity contribution is -0.126. The molecule has 3 heterocycles. The molecule has 3 aliphatic heterocycles. The number of nitrogens with zero attached hydrogens (tertiary/aromatic N) is 1. The van der Waals surface area contributed by atoms with Gasteiger partial charge in [0.1, 0.15) is 0 Å². The van der Waals surface area contributed by atoms with Crippen molar-refractivity contribution in [3.8, 4) is 0 Å². The number of amides is 2. The van der Waals surface area contributed by atoms with E-state index >= 15 is 0 Å². The highest BCUT2D eigenvalue weighted by atomic mass is 16.6. The van der Waals surface area contributed by atoms with Gasteiger partial charge in [0.25, 0.3) is 0 Å². The van der Waals surface area contributed by atoms with E-state index in [1.54, 1.807) is 11.8 Å². The van der Waals surface area contributed by atoms with E-state index in [0.29, 0.717) is 13.2 Å². The minimum absolute atomic E-state index is 0.0111. The number of piperidine rings is 1. The molecule has 2 amide bonds. The first-order valence-corrected chi connectivity index (χ1v) is 7.50. The predicted octanol–water partition coefficient (Wildman–Crippen LogP) is 2.09. The molecular formula is C16H20N2O3. The average molecular weight is 288 g/mol. The highest BCUT2D eigenvalue weighted by molar-refractivity contribution is 5.82. The Bertz CT molecular complexity index is 532. The third-order valence-corrected chi connectivity index (χ3v) is 4.35. The number of carbonyl (C=O) groups excluding carboxylic acids is 2. The fraction of sp³-hybridized carbons (Fsp3) is 0.500. The van der Waals surface area contributed by atoms with Crippen LogP contribution in [0.4, 0.5) is 4.79 Å². The maximum atomic E-state index is 12.4. The fourth-order valence-corrected chi connectivity index (χ4v) is 3.42. The van der Waals surface area contributed by atoms with Crippen LogP contribution < -0.4 is 5.32 Å². The van der Waals surface area contributed by atoms with Crippen molar-refractivity contribution in [2.75, 3.05) is 13.2 Å². The third-order valence-electron chi connectivity index (χ3n) is 4.35. The Hall–Kier alpha value is -2.04. The second-order valence-corrected chi connectivity index (χ2v) is 5.54. The molecule has 0 aliphatic carbocycles. The molecule has 112 valence electrons. The summed E-state index contributed by atoms with van der Waals surface area (Å²) in [5.41, 5.74) is 0.998. The van der Waals surface area contributed by atoms with Gasteiger partial charge in [-0.05, 0) is 25.3 Å². The average Bonchev–Trinajstić information content (AvgIpc) is 2.77. The van der Waals surface area contributed by atoms with Gasteiger partial charge in [-0.15, -0.1) is 0 Å². The van der Waals surface area contributed by atoms with Crippen molar-refractivity contribution in [2.24, 2.45) is 5.92 Å². The molecule has 1 N–H and O–H groups in total. The summed E-state index contributed by atoms with van der Waals surface area (Å²) in [5, 5.41) is 2.94. The van der Waals surface area contributed by atoms with E-state index in [0.717, 1.165) is 18.4 Å². The van der Waals surface area contributed by atoms with Gasteiger partial charge in [-0.2, -0.15) is 0 Å². The summed E-state index contributed by atoms with van der Waals surface area (Å²) in [7, 11) is 0. The van der Waals surface area contributed by atoms with Gasteiger partial charge in [-0.1, -0.05) is 30.3 Å². The molecular weight excluding hydrogens is 268 g/mol. The molecule has 3 saturated heterocycles. The number of rotatable bonds is 2. The zero-order valence-corrected chi connectivity index (χ0v) is 12.1. The van der Waals surface area contributed by atoms with E-state index in [2.05, 4.69) is 5.32 Å². The van der Waals surface area contributed by atoms with Gasteiger partial charge in [-0.25, -0.2) is 4.79 Å². The van der Waals surface area contributed by atoms with Gasteiger partial charge in [0, 0.05) is 6.54 Å². The van der Waals surface area contributed by atoms with E-state index in [-0.39, 0.29) is 30.0 Å². The van der Waals surface area contributed by atoms with E-state index in [1.165, 1.54) is 0 Å². The molecule has 0 saturated carbocycles. The lowest BCUT2D eigenvalue weighted by atomic mass is 9.83. The Balaban J connectivity index is 2.01. The Morgan fingerprint density at radius 2 is 2.10 bits per heavy atom. The maximum Gasteiger partial charge on any atom is 0.410 e. The number of ether oxygens (including phenoxy) is 1. The molecule has 5 heteroatoms. The smallest absolute Gasteiger partial charge is 0.410 e. The second-order valence-electron chi connectivity index (χ2n) is 5.54. The Morgan fingerprint density at radius 1 is 1.33 bits per heavy atom. The summed E-state index contributed by atoms with van der Waals surface area (Å²) >= 11 is 0. The first-order chi connectivity index (χ1) is 10.2. The molecule has 3 aliphatic rings. The fourth-order valence-electron chi connectivity index (χ4n) is 3.42. The molecule has 0 aromatic heterocycles. The van der Waals surface area contributed by atoms with Crippen LogP contribution in [0.15, 0.2) is 30.3 Å². The molecule has 1 aromatic rings. The maximum absolute atomic E-state index is 12.4. The van der Waals surface area contributed by atoms with Gasteiger partial charge in [-0.3, -0.25) is 9.69 Å². The molecule has 3 fully saturated rings. The highest BCUT2D eigenvalue weighted by Gasteiger charge is 2.47. The molecule has 0 radical (unpaired) electrons. The van der Waals surface area contributed by atoms with E-state index in [9.17, 15) is 9.59 Å². The first kappa shape index (κ1) is 13.9. The van der Waals surface area contributed by atoms with Crippen molar-refractivity contribution in [1.82, 2.24) is 10.2 Å². The van der Waals surface area contributed by atoms with Crippen molar-refractivity contribution in [1.29, 1.82) is 0 Å². The van der Waals surface area contributed by atoms with Gasteiger partial charge in [0.05, 0.1) is 24.6 Å². The zero-order chi connectivity index (χ0) is 14.8. The Labute approximate surface area is 124 Å². The molecule has 0 unspecified atom stereocenters. The number of nitrogens with one attached hydrogen (secondary N) is 1. The number of fused-ring (bicyclic) bond motifs is 4. The number of benzene rings is 1. The third kappa shape index (κ3) is 2.48. The summed E-state index contributed by atoms with van der Waals surface area (Å²) in [6.45, 7) is 2.65. The van der Waals surface area contributed by atoms with Crippen molar-refractivity contribution in [2.45, 2.75) is 31.8 Å². The number of carbonyl (C=O) groups is 2. The van der Waals surface area contributed by atoms with Crippen LogP contribution in [0.5, 0.6) is 0 Å². The SMILES string of the molecule is CCOC(=O)N1[C@H]2CC[C@H](C(=O)NC2)[C@H]1c1ccccc1. The molecule has 4 rings (SSSR count). The quantitative estimate of drug-likeness (QED) is 0.906. The standard InChI is InChI=1S/C16H20N2O3/c1-2-21-16(20)18-12-8-9-13(15(19)17-10-12)14(18)11-6-4-3-5-7-11/h3-7,12-14H,2,8-10H2,1H3,(H,17,19)/t12-,13-,14+/m0/s1.